The van der Waals surface area contributed by atoms with Crippen molar-refractivity contribution in [3.05, 3.63) is 64.9 Å². The standard InChI is InChI=1S/C19H19N3O2S/c1-13-17(25-19(22-13)15-4-3-10-20-12-15)9-11-21-18(23)14-5-7-16(24-2)8-6-14/h3-8,10,12H,9,11H2,1-2H3,(H,21,23). The van der Waals surface area contributed by atoms with Crippen LogP contribution in [0.15, 0.2) is 48.8 Å². The summed E-state index contributed by atoms with van der Waals surface area (Å²) < 4.78 is 5.10. The highest BCUT2D eigenvalue weighted by molar-refractivity contribution is 7.15. The number of hydrogen-bond acceptors (Lipinski definition) is 5. The van der Waals surface area contributed by atoms with E-state index in [1.807, 2.05) is 25.3 Å². The van der Waals surface area contributed by atoms with E-state index >= 15 is 0 Å². The summed E-state index contributed by atoms with van der Waals surface area (Å²) in [6.45, 7) is 2.57. The largest absolute Gasteiger partial charge is 0.497 e. The number of thiazole rings is 1. The van der Waals surface area contributed by atoms with Crippen LogP contribution >= 0.6 is 11.3 Å². The van der Waals surface area contributed by atoms with Crippen molar-refractivity contribution < 1.29 is 9.53 Å². The summed E-state index contributed by atoms with van der Waals surface area (Å²) in [5.74, 6) is 0.650. The first-order chi connectivity index (χ1) is 12.2. The number of nitrogens with zero attached hydrogens (tertiary/aromatic N) is 2. The molecule has 1 aromatic carbocycles. The molecule has 0 aliphatic rings. The molecule has 3 aromatic rings. The fourth-order valence-corrected chi connectivity index (χ4v) is 3.46. The van der Waals surface area contributed by atoms with Crippen molar-refractivity contribution in [3.8, 4) is 16.3 Å². The van der Waals surface area contributed by atoms with E-state index in [-0.39, 0.29) is 5.91 Å². The third-order valence-corrected chi connectivity index (χ3v) is 5.06. The van der Waals surface area contributed by atoms with Gasteiger partial charge in [-0.25, -0.2) is 4.98 Å². The quantitative estimate of drug-likeness (QED) is 0.737. The van der Waals surface area contributed by atoms with Crippen LogP contribution in [0.2, 0.25) is 0 Å². The Kier molecular flexibility index (Phi) is 5.40. The minimum Gasteiger partial charge on any atom is -0.497 e. The predicted octanol–water partition coefficient (Wildman–Crippen LogP) is 3.49. The van der Waals surface area contributed by atoms with Crippen molar-refractivity contribution in [2.24, 2.45) is 0 Å². The molecule has 1 amide bonds. The van der Waals surface area contributed by atoms with Crippen LogP contribution in [0.25, 0.3) is 10.6 Å². The number of carbonyl (C=O) groups excluding carboxylic acids is 1. The van der Waals surface area contributed by atoms with Crippen molar-refractivity contribution in [2.45, 2.75) is 13.3 Å². The average Bonchev–Trinajstić information content (AvgIpc) is 3.03. The normalized spacial score (nSPS) is 10.5. The Morgan fingerprint density at radius 2 is 2.04 bits per heavy atom. The van der Waals surface area contributed by atoms with Gasteiger partial charge in [0.2, 0.25) is 0 Å². The van der Waals surface area contributed by atoms with Crippen LogP contribution in [-0.2, 0) is 6.42 Å². The highest BCUT2D eigenvalue weighted by Gasteiger charge is 2.10. The van der Waals surface area contributed by atoms with Gasteiger partial charge < -0.3 is 10.1 Å². The Labute approximate surface area is 150 Å². The number of aryl methyl sites for hydroxylation is 1. The van der Waals surface area contributed by atoms with Gasteiger partial charge in [0.05, 0.1) is 12.8 Å². The van der Waals surface area contributed by atoms with E-state index in [0.29, 0.717) is 12.1 Å². The van der Waals surface area contributed by atoms with Crippen LogP contribution in [0.4, 0.5) is 0 Å². The minimum absolute atomic E-state index is 0.0858. The number of ether oxygens (including phenoxy) is 1. The van der Waals surface area contributed by atoms with Crippen LogP contribution in [0, 0.1) is 6.92 Å². The molecule has 2 heterocycles. The highest BCUT2D eigenvalue weighted by atomic mass is 32.1. The molecule has 6 heteroatoms. The summed E-state index contributed by atoms with van der Waals surface area (Å²) in [5, 5.41) is 3.91. The first-order valence-electron chi connectivity index (χ1n) is 7.96. The molecule has 0 saturated heterocycles. The Morgan fingerprint density at radius 1 is 1.24 bits per heavy atom. The lowest BCUT2D eigenvalue weighted by Crippen LogP contribution is -2.25. The number of nitrogens with one attached hydrogen (secondary N) is 1. The van der Waals surface area contributed by atoms with Gasteiger partial charge >= 0.3 is 0 Å². The number of benzene rings is 1. The summed E-state index contributed by atoms with van der Waals surface area (Å²) in [4.78, 5) is 22.1. The Morgan fingerprint density at radius 3 is 2.72 bits per heavy atom. The first-order valence-corrected chi connectivity index (χ1v) is 8.78. The number of pyridine rings is 1. The van der Waals surface area contributed by atoms with Crippen molar-refractivity contribution in [1.82, 2.24) is 15.3 Å². The van der Waals surface area contributed by atoms with E-state index in [1.54, 1.807) is 48.9 Å². The van der Waals surface area contributed by atoms with Crippen LogP contribution in [0.1, 0.15) is 20.9 Å². The molecule has 3 rings (SSSR count). The lowest BCUT2D eigenvalue weighted by Gasteiger charge is -2.05. The molecular weight excluding hydrogens is 334 g/mol. The molecule has 5 nitrogen and oxygen atoms in total. The molecule has 0 spiro atoms. The van der Waals surface area contributed by atoms with Gasteiger partial charge in [0.25, 0.3) is 5.91 Å². The summed E-state index contributed by atoms with van der Waals surface area (Å²) in [7, 11) is 1.60. The van der Waals surface area contributed by atoms with E-state index in [9.17, 15) is 4.79 Å². The smallest absolute Gasteiger partial charge is 0.251 e. The van der Waals surface area contributed by atoms with Gasteiger partial charge in [0.15, 0.2) is 0 Å². The maximum absolute atomic E-state index is 12.2. The minimum atomic E-state index is -0.0858. The Bertz CT molecular complexity index is 845. The number of methoxy groups -OCH3 is 1. The molecule has 2 aromatic heterocycles. The monoisotopic (exact) mass is 353 g/mol. The molecular formula is C19H19N3O2S. The molecule has 0 atom stereocenters. The predicted molar refractivity (Wildman–Crippen MR) is 99.1 cm³/mol. The zero-order valence-corrected chi connectivity index (χ0v) is 15.0. The topological polar surface area (TPSA) is 64.1 Å². The van der Waals surface area contributed by atoms with E-state index in [0.717, 1.165) is 28.4 Å². The maximum Gasteiger partial charge on any atom is 0.251 e. The summed E-state index contributed by atoms with van der Waals surface area (Å²) >= 11 is 1.65. The van der Waals surface area contributed by atoms with Crippen molar-refractivity contribution in [2.75, 3.05) is 13.7 Å². The molecule has 0 aliphatic heterocycles. The van der Waals surface area contributed by atoms with Gasteiger partial charge in [-0.2, -0.15) is 0 Å². The van der Waals surface area contributed by atoms with Gasteiger partial charge in [-0.15, -0.1) is 11.3 Å². The van der Waals surface area contributed by atoms with Gasteiger partial charge in [0, 0.05) is 41.4 Å². The third-order valence-electron chi connectivity index (χ3n) is 3.79. The van der Waals surface area contributed by atoms with Crippen LogP contribution in [0.5, 0.6) is 5.75 Å². The summed E-state index contributed by atoms with van der Waals surface area (Å²) in [5.41, 5.74) is 2.64. The molecule has 25 heavy (non-hydrogen) atoms. The van der Waals surface area contributed by atoms with Gasteiger partial charge in [-0.1, -0.05) is 0 Å². The lowest BCUT2D eigenvalue weighted by atomic mass is 10.2. The SMILES string of the molecule is COc1ccc(C(=O)NCCc2sc(-c3cccnc3)nc2C)cc1. The fourth-order valence-electron chi connectivity index (χ4n) is 2.41. The summed E-state index contributed by atoms with van der Waals surface area (Å²) in [6.07, 6.45) is 4.32. The average molecular weight is 353 g/mol. The van der Waals surface area contributed by atoms with Gasteiger partial charge in [-0.05, 0) is 43.3 Å². The van der Waals surface area contributed by atoms with E-state index in [1.165, 1.54) is 4.88 Å². The highest BCUT2D eigenvalue weighted by Crippen LogP contribution is 2.27. The van der Waals surface area contributed by atoms with E-state index in [4.69, 9.17) is 4.74 Å². The van der Waals surface area contributed by atoms with Crippen LogP contribution in [-0.4, -0.2) is 29.5 Å². The van der Waals surface area contributed by atoms with Gasteiger partial charge in [0.1, 0.15) is 10.8 Å². The van der Waals surface area contributed by atoms with Crippen molar-refractivity contribution in [1.29, 1.82) is 0 Å². The Hall–Kier alpha value is -2.73. The van der Waals surface area contributed by atoms with Crippen LogP contribution in [0.3, 0.4) is 0 Å². The number of amides is 1. The first kappa shape index (κ1) is 17.1. The van der Waals surface area contributed by atoms with Gasteiger partial charge in [-0.3, -0.25) is 9.78 Å². The maximum atomic E-state index is 12.2. The Balaban J connectivity index is 1.58. The van der Waals surface area contributed by atoms with Crippen LogP contribution < -0.4 is 10.1 Å². The second kappa shape index (κ2) is 7.90. The third kappa shape index (κ3) is 4.22. The fraction of sp³-hybridized carbons (Fsp3) is 0.211. The zero-order valence-electron chi connectivity index (χ0n) is 14.2. The lowest BCUT2D eigenvalue weighted by molar-refractivity contribution is 0.0954. The second-order valence-electron chi connectivity index (χ2n) is 5.50. The number of rotatable bonds is 6. The number of carbonyl (C=O) groups is 1. The van der Waals surface area contributed by atoms with Crippen molar-refractivity contribution in [3.63, 3.8) is 0 Å². The van der Waals surface area contributed by atoms with E-state index < -0.39 is 0 Å². The zero-order chi connectivity index (χ0) is 17.6. The van der Waals surface area contributed by atoms with E-state index in [2.05, 4.69) is 15.3 Å². The number of aromatic nitrogens is 2. The molecule has 0 aliphatic carbocycles. The molecule has 0 bridgehead atoms. The molecule has 0 radical (unpaired) electrons. The molecule has 1 N–H and O–H groups in total. The second-order valence-corrected chi connectivity index (χ2v) is 6.59. The molecule has 0 unspecified atom stereocenters. The molecule has 0 saturated carbocycles. The molecule has 128 valence electrons. The van der Waals surface area contributed by atoms with Crippen molar-refractivity contribution >= 4 is 17.2 Å². The summed E-state index contributed by atoms with van der Waals surface area (Å²) in [6, 6.07) is 11.0. The number of hydrogen-bond donors (Lipinski definition) is 1. The molecule has 0 fully saturated rings.